The van der Waals surface area contributed by atoms with Crippen LogP contribution in [0, 0.1) is 13.8 Å². The quantitative estimate of drug-likeness (QED) is 0.202. The lowest BCUT2D eigenvalue weighted by Gasteiger charge is -2.13. The predicted octanol–water partition coefficient (Wildman–Crippen LogP) is 9.62. The minimum absolute atomic E-state index is 0.494. The van der Waals surface area contributed by atoms with Crippen molar-refractivity contribution in [1.29, 1.82) is 0 Å². The molecule has 186 valence electrons. The lowest BCUT2D eigenvalue weighted by Crippen LogP contribution is -2.39. The molecule has 0 N–H and O–H groups in total. The second kappa shape index (κ2) is 10.7. The van der Waals surface area contributed by atoms with Crippen LogP contribution in [0.1, 0.15) is 56.2 Å². The number of unbranched alkanes of at least 4 members (excludes halogenated alkanes) is 1. The summed E-state index contributed by atoms with van der Waals surface area (Å²) in [6.45, 7) is 12.4. The van der Waals surface area contributed by atoms with Crippen LogP contribution in [-0.4, -0.2) is 0 Å². The second-order valence-electron chi connectivity index (χ2n) is 10.6. The second-order valence-corrected chi connectivity index (χ2v) is 10.6. The van der Waals surface area contributed by atoms with Crippen LogP contribution in [0.25, 0.3) is 44.8 Å². The summed E-state index contributed by atoms with van der Waals surface area (Å²) in [4.78, 5) is 0. The molecule has 0 radical (unpaired) electrons. The molecule has 5 rings (SSSR count). The average Bonchev–Trinajstić information content (AvgIpc) is 3.14. The van der Waals surface area contributed by atoms with Crippen LogP contribution < -0.4 is 4.57 Å². The van der Waals surface area contributed by atoms with Gasteiger partial charge in [-0.05, 0) is 76.9 Å². The fraction of sp³-hybridized carbons (Fsp3) is 0.250. The fourth-order valence-corrected chi connectivity index (χ4v) is 5.45. The van der Waals surface area contributed by atoms with Crippen LogP contribution >= 0.6 is 0 Å². The first-order valence-electron chi connectivity index (χ1n) is 13.7. The van der Waals surface area contributed by atoms with E-state index in [9.17, 15) is 0 Å². The Hall–Kier alpha value is -3.71. The third kappa shape index (κ3) is 4.96. The molecule has 2 aromatic carbocycles. The number of hydrogen-bond donors (Lipinski definition) is 0. The smallest absolute Gasteiger partial charge is 0.191 e. The lowest BCUT2D eigenvalue weighted by molar-refractivity contribution is -0.675. The molecule has 0 amide bonds. The molecule has 0 saturated carbocycles. The number of fused-ring (bicyclic) bond motifs is 1. The maximum absolute atomic E-state index is 2.56. The van der Waals surface area contributed by atoms with Crippen molar-refractivity contribution >= 4 is 0 Å². The number of hydrogen-bond acceptors (Lipinski definition) is 0. The van der Waals surface area contributed by atoms with E-state index in [0.29, 0.717) is 5.92 Å². The highest BCUT2D eigenvalue weighted by atomic mass is 15.0. The van der Waals surface area contributed by atoms with Crippen LogP contribution in [0.15, 0.2) is 97.1 Å². The van der Waals surface area contributed by atoms with Gasteiger partial charge in [-0.25, -0.2) is 0 Å². The molecule has 0 fully saturated rings. The van der Waals surface area contributed by atoms with Crippen molar-refractivity contribution in [1.82, 2.24) is 0 Å². The van der Waals surface area contributed by atoms with Crippen LogP contribution in [0.2, 0.25) is 0 Å². The molecular weight excluding hydrogens is 446 g/mol. The van der Waals surface area contributed by atoms with Gasteiger partial charge in [-0.3, -0.25) is 0 Å². The topological polar surface area (TPSA) is 3.88 Å². The summed E-state index contributed by atoms with van der Waals surface area (Å²) < 4.78 is 2.56. The minimum atomic E-state index is 0.494. The van der Waals surface area contributed by atoms with Gasteiger partial charge in [-0.2, -0.15) is 4.57 Å². The van der Waals surface area contributed by atoms with E-state index in [2.05, 4.69) is 136 Å². The molecule has 1 heterocycles. The van der Waals surface area contributed by atoms with Crippen LogP contribution in [0.4, 0.5) is 0 Å². The van der Waals surface area contributed by atoms with E-state index < -0.39 is 0 Å². The summed E-state index contributed by atoms with van der Waals surface area (Å²) in [6, 6.07) is 35.9. The Bertz CT molecular complexity index is 1480. The molecule has 1 nitrogen and oxygen atoms in total. The Labute approximate surface area is 222 Å². The third-order valence-corrected chi connectivity index (χ3v) is 7.58. The van der Waals surface area contributed by atoms with Gasteiger partial charge in [0.15, 0.2) is 0 Å². The highest BCUT2D eigenvalue weighted by Crippen LogP contribution is 2.42. The van der Waals surface area contributed by atoms with Gasteiger partial charge in [0.2, 0.25) is 11.4 Å². The monoisotopic (exact) mass is 484 g/mol. The first-order chi connectivity index (χ1) is 18.0. The largest absolute Gasteiger partial charge is 0.214 e. The third-order valence-electron chi connectivity index (χ3n) is 7.58. The molecule has 1 aromatic heterocycles. The summed E-state index contributed by atoms with van der Waals surface area (Å²) >= 11 is 0. The fourth-order valence-electron chi connectivity index (χ4n) is 5.45. The predicted molar refractivity (Wildman–Crippen MR) is 158 cm³/mol. The Morgan fingerprint density at radius 2 is 1.27 bits per heavy atom. The van der Waals surface area contributed by atoms with Crippen molar-refractivity contribution < 1.29 is 4.57 Å². The zero-order valence-electron chi connectivity index (χ0n) is 22.9. The lowest BCUT2D eigenvalue weighted by atomic mass is 9.96. The summed E-state index contributed by atoms with van der Waals surface area (Å²) in [5, 5.41) is 0. The van der Waals surface area contributed by atoms with Gasteiger partial charge in [-0.1, -0.05) is 93.9 Å². The Morgan fingerprint density at radius 1 is 0.622 bits per heavy atom. The molecule has 2 aliphatic carbocycles. The molecular formula is C36H38N+. The standard InChI is InChI=1S/C36H38N/c1-6-7-20-37-34(29-16-12-9-13-17-29)23-31(28-14-10-8-11-15-28)24-35(37)33-21-27(5)32-22-30(25(2)3)19-18-26(4)36(32)33/h8-19,21-25H,6-7,20H2,1-5H3/q+1. The van der Waals surface area contributed by atoms with Gasteiger partial charge in [-0.15, -0.1) is 0 Å². The van der Waals surface area contributed by atoms with Crippen LogP contribution in [0.5, 0.6) is 0 Å². The SMILES string of the molecule is CCCC[n+]1c(-c2ccccc2)cc(-c2ccccc2)cc1-c1cc(C)c2cc(C(C)C)ccc(C)c1-2. The van der Waals surface area contributed by atoms with E-state index in [0.717, 1.165) is 19.4 Å². The number of aromatic nitrogens is 1. The Morgan fingerprint density at radius 3 is 1.92 bits per heavy atom. The summed E-state index contributed by atoms with van der Waals surface area (Å²) in [6.07, 6.45) is 2.30. The van der Waals surface area contributed by atoms with Gasteiger partial charge in [0, 0.05) is 24.1 Å². The summed E-state index contributed by atoms with van der Waals surface area (Å²) in [5.74, 6) is 0.494. The van der Waals surface area contributed by atoms with Crippen LogP contribution in [-0.2, 0) is 6.54 Å². The molecule has 0 spiro atoms. The number of nitrogens with zero attached hydrogens (tertiary/aromatic N) is 1. The Kier molecular flexibility index (Phi) is 7.24. The normalized spacial score (nSPS) is 11.4. The zero-order valence-corrected chi connectivity index (χ0v) is 22.9. The van der Waals surface area contributed by atoms with Gasteiger partial charge in [0.1, 0.15) is 6.54 Å². The first kappa shape index (κ1) is 25.0. The molecule has 0 unspecified atom stereocenters. The molecule has 0 saturated heterocycles. The van der Waals surface area contributed by atoms with Crippen molar-refractivity contribution in [3.63, 3.8) is 0 Å². The maximum atomic E-state index is 2.56. The van der Waals surface area contributed by atoms with Crippen molar-refractivity contribution in [2.75, 3.05) is 0 Å². The Balaban J connectivity index is 1.85. The maximum Gasteiger partial charge on any atom is 0.214 e. The van der Waals surface area contributed by atoms with Gasteiger partial charge in [0.05, 0.1) is 5.56 Å². The summed E-state index contributed by atoms with van der Waals surface area (Å²) in [7, 11) is 0. The molecule has 0 aliphatic heterocycles. The number of benzene rings is 2. The van der Waals surface area contributed by atoms with Crippen molar-refractivity contribution in [2.45, 2.75) is 59.9 Å². The molecule has 1 heteroatoms. The molecule has 3 aromatic rings. The van der Waals surface area contributed by atoms with E-state index in [4.69, 9.17) is 0 Å². The number of aryl methyl sites for hydroxylation is 2. The summed E-state index contributed by atoms with van der Waals surface area (Å²) in [5.41, 5.74) is 14.5. The molecule has 2 aliphatic rings. The molecule has 0 bridgehead atoms. The first-order valence-corrected chi connectivity index (χ1v) is 13.7. The van der Waals surface area contributed by atoms with E-state index in [-0.39, 0.29) is 0 Å². The number of pyridine rings is 1. The van der Waals surface area contributed by atoms with Gasteiger partial charge >= 0.3 is 0 Å². The van der Waals surface area contributed by atoms with Crippen molar-refractivity contribution in [3.8, 4) is 44.8 Å². The minimum Gasteiger partial charge on any atom is -0.191 e. The number of rotatable bonds is 7. The van der Waals surface area contributed by atoms with E-state index in [1.165, 1.54) is 61.5 Å². The highest BCUT2D eigenvalue weighted by Gasteiger charge is 2.27. The van der Waals surface area contributed by atoms with Crippen LogP contribution in [0.3, 0.4) is 0 Å². The van der Waals surface area contributed by atoms with Gasteiger partial charge < -0.3 is 0 Å². The van der Waals surface area contributed by atoms with E-state index >= 15 is 0 Å². The van der Waals surface area contributed by atoms with Crippen molar-refractivity contribution in [3.05, 3.63) is 114 Å². The van der Waals surface area contributed by atoms with E-state index in [1.807, 2.05) is 0 Å². The zero-order chi connectivity index (χ0) is 25.9. The van der Waals surface area contributed by atoms with Gasteiger partial charge in [0.25, 0.3) is 0 Å². The van der Waals surface area contributed by atoms with E-state index in [1.54, 1.807) is 0 Å². The van der Waals surface area contributed by atoms with Crippen molar-refractivity contribution in [2.24, 2.45) is 0 Å². The molecule has 0 atom stereocenters. The average molecular weight is 485 g/mol. The molecule has 37 heavy (non-hydrogen) atoms. The highest BCUT2D eigenvalue weighted by molar-refractivity contribution is 5.90.